The predicted octanol–water partition coefficient (Wildman–Crippen LogP) is -0.0799. The molecule has 1 aromatic heterocycles. The SMILES string of the molecule is OCCCCCSc1nnnn1CCO. The van der Waals surface area contributed by atoms with Crippen LogP contribution in [0.3, 0.4) is 0 Å². The lowest BCUT2D eigenvalue weighted by Crippen LogP contribution is -2.05. The summed E-state index contributed by atoms with van der Waals surface area (Å²) in [6.45, 7) is 0.738. The number of hydrogen-bond acceptors (Lipinski definition) is 6. The van der Waals surface area contributed by atoms with Crippen molar-refractivity contribution in [2.45, 2.75) is 31.0 Å². The average Bonchev–Trinajstić information content (AvgIpc) is 2.66. The second kappa shape index (κ2) is 7.61. The highest BCUT2D eigenvalue weighted by Gasteiger charge is 2.04. The molecule has 0 aliphatic carbocycles. The van der Waals surface area contributed by atoms with E-state index in [0.717, 1.165) is 30.2 Å². The average molecular weight is 232 g/mol. The molecular weight excluding hydrogens is 216 g/mol. The summed E-state index contributed by atoms with van der Waals surface area (Å²) >= 11 is 1.58. The molecule has 2 N–H and O–H groups in total. The van der Waals surface area contributed by atoms with E-state index in [1.165, 1.54) is 0 Å². The van der Waals surface area contributed by atoms with Crippen LogP contribution in [0.4, 0.5) is 0 Å². The van der Waals surface area contributed by atoms with Gasteiger partial charge in [-0.2, -0.15) is 0 Å². The monoisotopic (exact) mass is 232 g/mol. The summed E-state index contributed by atoms with van der Waals surface area (Å²) in [5.74, 6) is 0.936. The molecule has 1 heterocycles. The highest BCUT2D eigenvalue weighted by molar-refractivity contribution is 7.99. The Kier molecular flexibility index (Phi) is 6.29. The fourth-order valence-corrected chi connectivity index (χ4v) is 1.99. The molecule has 0 aliphatic rings. The third kappa shape index (κ3) is 4.59. The molecule has 0 atom stereocenters. The second-order valence-corrected chi connectivity index (χ2v) is 4.10. The molecule has 0 spiro atoms. The van der Waals surface area contributed by atoms with Crippen LogP contribution in [0.1, 0.15) is 19.3 Å². The van der Waals surface area contributed by atoms with Gasteiger partial charge in [0.05, 0.1) is 13.2 Å². The molecule has 0 unspecified atom stereocenters. The topological polar surface area (TPSA) is 84.1 Å². The highest BCUT2D eigenvalue weighted by Crippen LogP contribution is 2.15. The zero-order valence-corrected chi connectivity index (χ0v) is 9.36. The van der Waals surface area contributed by atoms with Gasteiger partial charge in [-0.3, -0.25) is 0 Å². The Morgan fingerprint density at radius 3 is 2.73 bits per heavy atom. The predicted molar refractivity (Wildman–Crippen MR) is 56.6 cm³/mol. The van der Waals surface area contributed by atoms with Crippen LogP contribution < -0.4 is 0 Å². The Morgan fingerprint density at radius 2 is 2.00 bits per heavy atom. The lowest BCUT2D eigenvalue weighted by atomic mass is 10.3. The van der Waals surface area contributed by atoms with Crippen molar-refractivity contribution in [2.24, 2.45) is 0 Å². The zero-order chi connectivity index (χ0) is 10.9. The van der Waals surface area contributed by atoms with Crippen LogP contribution >= 0.6 is 11.8 Å². The van der Waals surface area contributed by atoms with Gasteiger partial charge in [0.2, 0.25) is 5.16 Å². The molecule has 6 nitrogen and oxygen atoms in total. The van der Waals surface area contributed by atoms with Crippen LogP contribution in [0.25, 0.3) is 0 Å². The number of aromatic nitrogens is 4. The number of nitrogens with zero attached hydrogens (tertiary/aromatic N) is 4. The molecule has 1 rings (SSSR count). The van der Waals surface area contributed by atoms with E-state index in [-0.39, 0.29) is 13.2 Å². The van der Waals surface area contributed by atoms with Crippen molar-refractivity contribution in [3.8, 4) is 0 Å². The molecule has 15 heavy (non-hydrogen) atoms. The van der Waals surface area contributed by atoms with Crippen molar-refractivity contribution in [3.05, 3.63) is 0 Å². The van der Waals surface area contributed by atoms with Crippen LogP contribution in [0.5, 0.6) is 0 Å². The van der Waals surface area contributed by atoms with Crippen molar-refractivity contribution >= 4 is 11.8 Å². The van der Waals surface area contributed by atoms with Crippen molar-refractivity contribution in [1.29, 1.82) is 0 Å². The minimum Gasteiger partial charge on any atom is -0.396 e. The molecular formula is C8H16N4O2S. The summed E-state index contributed by atoms with van der Waals surface area (Å²) in [4.78, 5) is 0. The minimum absolute atomic E-state index is 0.0448. The fraction of sp³-hybridized carbons (Fsp3) is 0.875. The highest BCUT2D eigenvalue weighted by atomic mass is 32.2. The van der Waals surface area contributed by atoms with Gasteiger partial charge in [0, 0.05) is 12.4 Å². The molecule has 0 fully saturated rings. The number of unbranched alkanes of at least 4 members (excludes halogenated alkanes) is 2. The fourth-order valence-electron chi connectivity index (χ4n) is 1.09. The maximum atomic E-state index is 8.75. The number of thioether (sulfide) groups is 1. The summed E-state index contributed by atoms with van der Waals surface area (Å²) in [5.41, 5.74) is 0. The number of aliphatic hydroxyl groups excluding tert-OH is 2. The molecule has 1 aromatic rings. The molecule has 0 saturated carbocycles. The Hall–Kier alpha value is -0.660. The van der Waals surface area contributed by atoms with Crippen LogP contribution in [0.2, 0.25) is 0 Å². The summed E-state index contributed by atoms with van der Waals surface area (Å²) in [7, 11) is 0. The summed E-state index contributed by atoms with van der Waals surface area (Å²) in [5, 5.41) is 29.2. The van der Waals surface area contributed by atoms with Crippen LogP contribution in [-0.4, -0.2) is 49.4 Å². The van der Waals surface area contributed by atoms with E-state index in [4.69, 9.17) is 10.2 Å². The quantitative estimate of drug-likeness (QED) is 0.482. The van der Waals surface area contributed by atoms with Crippen LogP contribution in [0.15, 0.2) is 5.16 Å². The number of hydrogen-bond donors (Lipinski definition) is 2. The van der Waals surface area contributed by atoms with Gasteiger partial charge < -0.3 is 10.2 Å². The molecule has 0 aliphatic heterocycles. The number of aliphatic hydroxyl groups is 2. The van der Waals surface area contributed by atoms with Crippen LogP contribution in [0, 0.1) is 0 Å². The number of rotatable bonds is 8. The molecule has 7 heteroatoms. The molecule has 0 bridgehead atoms. The summed E-state index contributed by atoms with van der Waals surface area (Å²) in [6.07, 6.45) is 2.91. The third-order valence-corrected chi connectivity index (χ3v) is 2.89. The Bertz CT molecular complexity index is 269. The van der Waals surface area contributed by atoms with E-state index in [0.29, 0.717) is 6.54 Å². The third-order valence-electron chi connectivity index (χ3n) is 1.84. The van der Waals surface area contributed by atoms with Crippen molar-refractivity contribution < 1.29 is 10.2 Å². The van der Waals surface area contributed by atoms with Gasteiger partial charge >= 0.3 is 0 Å². The van der Waals surface area contributed by atoms with Gasteiger partial charge in [-0.1, -0.05) is 18.2 Å². The van der Waals surface area contributed by atoms with E-state index in [9.17, 15) is 0 Å². The van der Waals surface area contributed by atoms with Gasteiger partial charge in [0.25, 0.3) is 0 Å². The van der Waals surface area contributed by atoms with Gasteiger partial charge in [0.1, 0.15) is 0 Å². The second-order valence-electron chi connectivity index (χ2n) is 3.04. The van der Waals surface area contributed by atoms with Crippen LogP contribution in [-0.2, 0) is 6.54 Å². The maximum Gasteiger partial charge on any atom is 0.209 e. The zero-order valence-electron chi connectivity index (χ0n) is 8.54. The lowest BCUT2D eigenvalue weighted by Gasteiger charge is -2.01. The lowest BCUT2D eigenvalue weighted by molar-refractivity contribution is 0.262. The van der Waals surface area contributed by atoms with Gasteiger partial charge in [0.15, 0.2) is 0 Å². The van der Waals surface area contributed by atoms with Crippen molar-refractivity contribution in [3.63, 3.8) is 0 Å². The first kappa shape index (κ1) is 12.4. The van der Waals surface area contributed by atoms with E-state index in [1.54, 1.807) is 16.4 Å². The molecule has 0 amide bonds. The largest absolute Gasteiger partial charge is 0.396 e. The Labute approximate surface area is 92.7 Å². The molecule has 86 valence electrons. The summed E-state index contributed by atoms with van der Waals surface area (Å²) in [6, 6.07) is 0. The molecule has 0 aromatic carbocycles. The van der Waals surface area contributed by atoms with E-state index < -0.39 is 0 Å². The van der Waals surface area contributed by atoms with Gasteiger partial charge in [-0.05, 0) is 23.3 Å². The first-order chi connectivity index (χ1) is 7.38. The van der Waals surface area contributed by atoms with Crippen molar-refractivity contribution in [2.75, 3.05) is 19.0 Å². The van der Waals surface area contributed by atoms with E-state index in [2.05, 4.69) is 15.5 Å². The first-order valence-electron chi connectivity index (χ1n) is 4.99. The molecule has 0 saturated heterocycles. The Balaban J connectivity index is 2.21. The van der Waals surface area contributed by atoms with Gasteiger partial charge in [-0.15, -0.1) is 5.10 Å². The smallest absolute Gasteiger partial charge is 0.209 e. The summed E-state index contributed by atoms with van der Waals surface area (Å²) < 4.78 is 1.59. The number of tetrazole rings is 1. The Morgan fingerprint density at radius 1 is 1.13 bits per heavy atom. The normalized spacial score (nSPS) is 10.8. The van der Waals surface area contributed by atoms with E-state index in [1.807, 2.05) is 0 Å². The molecule has 0 radical (unpaired) electrons. The first-order valence-corrected chi connectivity index (χ1v) is 5.97. The standard InChI is InChI=1S/C8H16N4O2S/c13-5-2-1-3-7-15-8-9-10-11-12(8)4-6-14/h13-14H,1-7H2. The maximum absolute atomic E-state index is 8.75. The van der Waals surface area contributed by atoms with Gasteiger partial charge in [-0.25, -0.2) is 4.68 Å². The van der Waals surface area contributed by atoms with E-state index >= 15 is 0 Å². The van der Waals surface area contributed by atoms with Crippen molar-refractivity contribution in [1.82, 2.24) is 20.2 Å². The minimum atomic E-state index is 0.0448.